The van der Waals surface area contributed by atoms with Crippen molar-refractivity contribution < 1.29 is 4.79 Å². The third-order valence-corrected chi connectivity index (χ3v) is 6.34. The Morgan fingerprint density at radius 1 is 1.50 bits per heavy atom. The molecule has 1 aliphatic carbocycles. The van der Waals surface area contributed by atoms with Gasteiger partial charge in [-0.3, -0.25) is 10.1 Å². The summed E-state index contributed by atoms with van der Waals surface area (Å²) in [5, 5.41) is 8.51. The average Bonchev–Trinajstić information content (AvgIpc) is 3.17. The van der Waals surface area contributed by atoms with Crippen LogP contribution in [0.25, 0.3) is 0 Å². The first kappa shape index (κ1) is 14.4. The van der Waals surface area contributed by atoms with Crippen LogP contribution in [-0.4, -0.2) is 34.4 Å². The molecule has 2 aliphatic rings. The van der Waals surface area contributed by atoms with Crippen LogP contribution in [-0.2, 0) is 4.79 Å². The maximum Gasteiger partial charge on any atom is 0.241 e. The fourth-order valence-electron chi connectivity index (χ4n) is 3.40. The van der Waals surface area contributed by atoms with E-state index in [9.17, 15) is 4.79 Å². The molecule has 4 unspecified atom stereocenters. The summed E-state index contributed by atoms with van der Waals surface area (Å²) in [6.07, 6.45) is 6.67. The number of thioether (sulfide) groups is 1. The fourth-order valence-corrected chi connectivity index (χ4v) is 4.87. The zero-order valence-corrected chi connectivity index (χ0v) is 13.7. The van der Waals surface area contributed by atoms with E-state index < -0.39 is 0 Å². The Hall–Kier alpha value is -0.520. The molecule has 1 aliphatic heterocycles. The van der Waals surface area contributed by atoms with Gasteiger partial charge in [-0.05, 0) is 54.3 Å². The zero-order valence-electron chi connectivity index (χ0n) is 12.0. The van der Waals surface area contributed by atoms with Crippen LogP contribution in [0.3, 0.4) is 0 Å². The minimum Gasteiger partial charge on any atom is -0.319 e. The molecule has 2 fully saturated rings. The lowest BCUT2D eigenvalue weighted by atomic mass is 10.1. The SMILES string of the molecule is CCC1NC(c2ccsc2)N(C2CCC(SC)C2)C1=O. The normalized spacial score (nSPS) is 34.1. The summed E-state index contributed by atoms with van der Waals surface area (Å²) >= 11 is 3.65. The van der Waals surface area contributed by atoms with Gasteiger partial charge in [-0.1, -0.05) is 6.92 Å². The van der Waals surface area contributed by atoms with Gasteiger partial charge in [0.1, 0.15) is 6.17 Å². The molecule has 1 saturated carbocycles. The van der Waals surface area contributed by atoms with Gasteiger partial charge in [0.2, 0.25) is 5.91 Å². The molecule has 4 atom stereocenters. The highest BCUT2D eigenvalue weighted by Gasteiger charge is 2.44. The predicted molar refractivity (Wildman–Crippen MR) is 86.1 cm³/mol. The molecule has 110 valence electrons. The number of hydrogen-bond donors (Lipinski definition) is 1. The molecule has 2 heterocycles. The van der Waals surface area contributed by atoms with Crippen molar-refractivity contribution in [2.24, 2.45) is 0 Å². The molecular formula is C15H22N2OS2. The first-order chi connectivity index (χ1) is 9.74. The van der Waals surface area contributed by atoms with Crippen LogP contribution >= 0.6 is 23.1 Å². The number of amides is 1. The number of thiophene rings is 1. The van der Waals surface area contributed by atoms with Crippen molar-refractivity contribution in [2.45, 2.75) is 56.1 Å². The summed E-state index contributed by atoms with van der Waals surface area (Å²) in [4.78, 5) is 14.8. The van der Waals surface area contributed by atoms with Crippen molar-refractivity contribution in [3.8, 4) is 0 Å². The van der Waals surface area contributed by atoms with Gasteiger partial charge in [-0.2, -0.15) is 23.1 Å². The van der Waals surface area contributed by atoms with Crippen molar-refractivity contribution in [3.05, 3.63) is 22.4 Å². The molecule has 5 heteroatoms. The van der Waals surface area contributed by atoms with Gasteiger partial charge in [0, 0.05) is 11.3 Å². The molecule has 1 aromatic rings. The van der Waals surface area contributed by atoms with Crippen LogP contribution in [0.1, 0.15) is 44.3 Å². The highest BCUT2D eigenvalue weighted by molar-refractivity contribution is 7.99. The molecule has 3 rings (SSSR count). The minimum absolute atomic E-state index is 0.00627. The molecule has 1 aromatic heterocycles. The highest BCUT2D eigenvalue weighted by Crippen LogP contribution is 2.38. The fraction of sp³-hybridized carbons (Fsp3) is 0.667. The lowest BCUT2D eigenvalue weighted by molar-refractivity contribution is -0.132. The summed E-state index contributed by atoms with van der Waals surface area (Å²) in [5.74, 6) is 0.301. The molecule has 1 N–H and O–H groups in total. The van der Waals surface area contributed by atoms with E-state index in [4.69, 9.17) is 0 Å². The molecule has 1 saturated heterocycles. The summed E-state index contributed by atoms with van der Waals surface area (Å²) in [6, 6.07) is 2.55. The molecular weight excluding hydrogens is 288 g/mol. The maximum atomic E-state index is 12.7. The van der Waals surface area contributed by atoms with Gasteiger partial charge in [0.25, 0.3) is 0 Å². The Morgan fingerprint density at radius 3 is 2.95 bits per heavy atom. The van der Waals surface area contributed by atoms with Crippen molar-refractivity contribution in [3.63, 3.8) is 0 Å². The Balaban J connectivity index is 1.83. The predicted octanol–water partition coefficient (Wildman–Crippen LogP) is 3.24. The van der Waals surface area contributed by atoms with E-state index in [1.807, 2.05) is 11.8 Å². The summed E-state index contributed by atoms with van der Waals surface area (Å²) in [6.45, 7) is 2.09. The van der Waals surface area contributed by atoms with Crippen LogP contribution in [0.5, 0.6) is 0 Å². The van der Waals surface area contributed by atoms with E-state index in [1.54, 1.807) is 11.3 Å². The van der Waals surface area contributed by atoms with Crippen molar-refractivity contribution in [2.75, 3.05) is 6.26 Å². The molecule has 20 heavy (non-hydrogen) atoms. The molecule has 0 bridgehead atoms. The molecule has 0 spiro atoms. The Morgan fingerprint density at radius 2 is 2.35 bits per heavy atom. The quantitative estimate of drug-likeness (QED) is 0.926. The number of hydrogen-bond acceptors (Lipinski definition) is 4. The van der Waals surface area contributed by atoms with Gasteiger partial charge in [-0.15, -0.1) is 0 Å². The van der Waals surface area contributed by atoms with Gasteiger partial charge in [-0.25, -0.2) is 0 Å². The van der Waals surface area contributed by atoms with E-state index in [-0.39, 0.29) is 12.2 Å². The Bertz CT molecular complexity index is 462. The Kier molecular flexibility index (Phi) is 4.38. The second kappa shape index (κ2) is 6.08. The number of nitrogens with zero attached hydrogens (tertiary/aromatic N) is 1. The molecule has 3 nitrogen and oxygen atoms in total. The topological polar surface area (TPSA) is 32.3 Å². The monoisotopic (exact) mass is 310 g/mol. The smallest absolute Gasteiger partial charge is 0.241 e. The average molecular weight is 310 g/mol. The largest absolute Gasteiger partial charge is 0.319 e. The second-order valence-electron chi connectivity index (χ2n) is 5.66. The van der Waals surface area contributed by atoms with E-state index in [1.165, 1.54) is 12.0 Å². The van der Waals surface area contributed by atoms with Gasteiger partial charge < -0.3 is 4.90 Å². The van der Waals surface area contributed by atoms with Crippen LogP contribution in [0.15, 0.2) is 16.8 Å². The first-order valence-corrected chi connectivity index (χ1v) is 9.60. The van der Waals surface area contributed by atoms with Crippen molar-refractivity contribution in [1.82, 2.24) is 10.2 Å². The van der Waals surface area contributed by atoms with Crippen LogP contribution in [0, 0.1) is 0 Å². The summed E-state index contributed by atoms with van der Waals surface area (Å²) in [5.41, 5.74) is 1.24. The van der Waals surface area contributed by atoms with E-state index in [0.29, 0.717) is 11.9 Å². The molecule has 1 amide bonds. The lowest BCUT2D eigenvalue weighted by Crippen LogP contribution is -2.38. The standard InChI is InChI=1S/C15H22N2OS2/c1-3-13-15(18)17(11-4-5-12(8-11)19-2)14(16-13)10-6-7-20-9-10/h6-7,9,11-14,16H,3-5,8H2,1-2H3. The van der Waals surface area contributed by atoms with Crippen LogP contribution < -0.4 is 5.32 Å². The van der Waals surface area contributed by atoms with Gasteiger partial charge >= 0.3 is 0 Å². The van der Waals surface area contributed by atoms with Crippen molar-refractivity contribution in [1.29, 1.82) is 0 Å². The lowest BCUT2D eigenvalue weighted by Gasteiger charge is -2.30. The molecule has 0 aromatic carbocycles. The van der Waals surface area contributed by atoms with Crippen LogP contribution in [0.2, 0.25) is 0 Å². The van der Waals surface area contributed by atoms with Gasteiger partial charge in [0.15, 0.2) is 0 Å². The second-order valence-corrected chi connectivity index (χ2v) is 7.57. The summed E-state index contributed by atoms with van der Waals surface area (Å²) in [7, 11) is 0. The van der Waals surface area contributed by atoms with E-state index in [2.05, 4.69) is 40.2 Å². The highest BCUT2D eigenvalue weighted by atomic mass is 32.2. The molecule has 0 radical (unpaired) electrons. The number of carbonyl (C=O) groups excluding carboxylic acids is 1. The zero-order chi connectivity index (χ0) is 14.1. The third kappa shape index (κ3) is 2.51. The number of nitrogens with one attached hydrogen (secondary N) is 1. The van der Waals surface area contributed by atoms with E-state index >= 15 is 0 Å². The minimum atomic E-state index is -0.00627. The summed E-state index contributed by atoms with van der Waals surface area (Å²) < 4.78 is 0. The number of carbonyl (C=O) groups is 1. The Labute approximate surface area is 129 Å². The van der Waals surface area contributed by atoms with Crippen molar-refractivity contribution >= 4 is 29.0 Å². The van der Waals surface area contributed by atoms with Gasteiger partial charge in [0.05, 0.1) is 6.04 Å². The third-order valence-electron chi connectivity index (χ3n) is 4.54. The first-order valence-electron chi connectivity index (χ1n) is 7.37. The number of rotatable bonds is 4. The van der Waals surface area contributed by atoms with E-state index in [0.717, 1.165) is 24.5 Å². The maximum absolute atomic E-state index is 12.7. The van der Waals surface area contributed by atoms with Crippen LogP contribution in [0.4, 0.5) is 0 Å².